The Morgan fingerprint density at radius 3 is 3.25 bits per heavy atom. The van der Waals surface area contributed by atoms with Crippen LogP contribution in [0.15, 0.2) is 35.6 Å². The van der Waals surface area contributed by atoms with Gasteiger partial charge in [0.15, 0.2) is 0 Å². The zero-order valence-corrected chi connectivity index (χ0v) is 6.58. The van der Waals surface area contributed by atoms with E-state index in [9.17, 15) is 4.79 Å². The summed E-state index contributed by atoms with van der Waals surface area (Å²) in [4.78, 5) is 11.2. The van der Waals surface area contributed by atoms with Crippen LogP contribution in [0.4, 0.5) is 0 Å². The minimum Gasteiger partial charge on any atom is -0.404 e. The third-order valence-corrected chi connectivity index (χ3v) is 2.26. The summed E-state index contributed by atoms with van der Waals surface area (Å²) in [5.74, 6) is 0.205. The lowest BCUT2D eigenvalue weighted by atomic mass is 9.90. The lowest BCUT2D eigenvalue weighted by molar-refractivity contribution is -0.116. The maximum absolute atomic E-state index is 11.2. The molecule has 0 aromatic carbocycles. The molecule has 2 rings (SSSR count). The Hall–Kier alpha value is -1.51. The smallest absolute Gasteiger partial charge is 0.247 e. The Kier molecular flexibility index (Phi) is 1.50. The number of fused-ring (bicyclic) bond motifs is 1. The molecular formula is C9H10N2O. The highest BCUT2D eigenvalue weighted by molar-refractivity contribution is 5.97. The van der Waals surface area contributed by atoms with Gasteiger partial charge in [-0.15, -0.1) is 0 Å². The molecule has 0 aromatic rings. The van der Waals surface area contributed by atoms with Crippen molar-refractivity contribution in [3.8, 4) is 0 Å². The van der Waals surface area contributed by atoms with Crippen molar-refractivity contribution in [1.82, 2.24) is 5.32 Å². The normalized spacial score (nSPS) is 30.0. The van der Waals surface area contributed by atoms with E-state index in [2.05, 4.69) is 5.32 Å². The second-order valence-electron chi connectivity index (χ2n) is 2.91. The number of carbonyl (C=O) groups is 1. The van der Waals surface area contributed by atoms with Crippen molar-refractivity contribution in [2.45, 2.75) is 0 Å². The maximum atomic E-state index is 11.2. The highest BCUT2D eigenvalue weighted by atomic mass is 16.2. The second kappa shape index (κ2) is 2.52. The van der Waals surface area contributed by atoms with E-state index in [1.54, 1.807) is 6.20 Å². The van der Waals surface area contributed by atoms with Gasteiger partial charge < -0.3 is 11.1 Å². The Morgan fingerprint density at radius 2 is 2.50 bits per heavy atom. The van der Waals surface area contributed by atoms with Gasteiger partial charge in [0, 0.05) is 18.0 Å². The van der Waals surface area contributed by atoms with E-state index in [1.807, 2.05) is 18.2 Å². The molecule has 1 heterocycles. The molecule has 3 nitrogen and oxygen atoms in total. The molecule has 12 heavy (non-hydrogen) atoms. The number of hydrogen-bond acceptors (Lipinski definition) is 2. The van der Waals surface area contributed by atoms with Crippen LogP contribution < -0.4 is 11.1 Å². The standard InChI is InChI=1S/C9H10N2O/c10-4-6-2-1-3-7-8(6)5-11-9(7)12/h1-4,8H,5,10H2,(H,11,12). The molecule has 0 radical (unpaired) electrons. The zero-order chi connectivity index (χ0) is 8.55. The fourth-order valence-electron chi connectivity index (χ4n) is 1.61. The van der Waals surface area contributed by atoms with Crippen molar-refractivity contribution >= 4 is 5.91 Å². The van der Waals surface area contributed by atoms with Crippen LogP contribution >= 0.6 is 0 Å². The molecule has 1 saturated heterocycles. The van der Waals surface area contributed by atoms with Crippen LogP contribution in [-0.4, -0.2) is 12.5 Å². The van der Waals surface area contributed by atoms with Gasteiger partial charge >= 0.3 is 0 Å². The van der Waals surface area contributed by atoms with Crippen LogP contribution in [0.3, 0.4) is 0 Å². The minimum atomic E-state index is 0.0312. The summed E-state index contributed by atoms with van der Waals surface area (Å²) >= 11 is 0. The molecule has 0 spiro atoms. The molecule has 1 fully saturated rings. The average Bonchev–Trinajstić information content (AvgIpc) is 2.48. The number of nitrogens with one attached hydrogen (secondary N) is 1. The summed E-state index contributed by atoms with van der Waals surface area (Å²) in [5.41, 5.74) is 7.27. The Bertz CT molecular complexity index is 312. The van der Waals surface area contributed by atoms with E-state index < -0.39 is 0 Å². The number of hydrogen-bond donors (Lipinski definition) is 2. The van der Waals surface area contributed by atoms with Gasteiger partial charge in [-0.3, -0.25) is 4.79 Å². The minimum absolute atomic E-state index is 0.0312. The number of nitrogens with two attached hydrogens (primary N) is 1. The van der Waals surface area contributed by atoms with E-state index >= 15 is 0 Å². The summed E-state index contributed by atoms with van der Waals surface area (Å²) in [6.07, 6.45) is 7.21. The van der Waals surface area contributed by atoms with Gasteiger partial charge in [-0.1, -0.05) is 18.2 Å². The first-order valence-corrected chi connectivity index (χ1v) is 3.91. The second-order valence-corrected chi connectivity index (χ2v) is 2.91. The van der Waals surface area contributed by atoms with E-state index in [4.69, 9.17) is 5.73 Å². The van der Waals surface area contributed by atoms with Gasteiger partial charge in [-0.05, 0) is 11.8 Å². The van der Waals surface area contributed by atoms with E-state index in [-0.39, 0.29) is 11.8 Å². The summed E-state index contributed by atoms with van der Waals surface area (Å²) in [6, 6.07) is 0. The van der Waals surface area contributed by atoms with Gasteiger partial charge in [0.05, 0.1) is 0 Å². The van der Waals surface area contributed by atoms with Crippen molar-refractivity contribution in [2.24, 2.45) is 11.7 Å². The molecule has 1 aliphatic carbocycles. The monoisotopic (exact) mass is 162 g/mol. The van der Waals surface area contributed by atoms with E-state index in [1.165, 1.54) is 0 Å². The van der Waals surface area contributed by atoms with Crippen LogP contribution in [0.2, 0.25) is 0 Å². The summed E-state index contributed by atoms with van der Waals surface area (Å²) in [7, 11) is 0. The third-order valence-electron chi connectivity index (χ3n) is 2.26. The lowest BCUT2D eigenvalue weighted by Gasteiger charge is -2.12. The van der Waals surface area contributed by atoms with Crippen LogP contribution in [0.25, 0.3) is 0 Å². The van der Waals surface area contributed by atoms with Crippen LogP contribution in [0.1, 0.15) is 0 Å². The molecular weight excluding hydrogens is 152 g/mol. The fraction of sp³-hybridized carbons (Fsp3) is 0.222. The Balaban J connectivity index is 2.40. The van der Waals surface area contributed by atoms with Crippen molar-refractivity contribution in [2.75, 3.05) is 6.54 Å². The van der Waals surface area contributed by atoms with Gasteiger partial charge in [-0.25, -0.2) is 0 Å². The van der Waals surface area contributed by atoms with Crippen LogP contribution in [0, 0.1) is 5.92 Å². The summed E-state index contributed by atoms with van der Waals surface area (Å²) < 4.78 is 0. The summed E-state index contributed by atoms with van der Waals surface area (Å²) in [5, 5.41) is 2.78. The Labute approximate surface area is 70.6 Å². The largest absolute Gasteiger partial charge is 0.404 e. The molecule has 2 aliphatic rings. The predicted octanol–water partition coefficient (Wildman–Crippen LogP) is 0.0712. The molecule has 3 N–H and O–H groups in total. The van der Waals surface area contributed by atoms with Crippen molar-refractivity contribution < 1.29 is 4.79 Å². The number of carbonyl (C=O) groups excluding carboxylic acids is 1. The van der Waals surface area contributed by atoms with Crippen molar-refractivity contribution in [3.63, 3.8) is 0 Å². The first-order valence-electron chi connectivity index (χ1n) is 3.91. The van der Waals surface area contributed by atoms with Gasteiger partial charge in [-0.2, -0.15) is 0 Å². The van der Waals surface area contributed by atoms with Gasteiger partial charge in [0.25, 0.3) is 0 Å². The SMILES string of the molecule is NC=C1C=CC=C2C(=O)NCC12. The molecule has 1 amide bonds. The van der Waals surface area contributed by atoms with Gasteiger partial charge in [0.1, 0.15) is 0 Å². The molecule has 3 heteroatoms. The van der Waals surface area contributed by atoms with E-state index in [0.717, 1.165) is 11.1 Å². The average molecular weight is 162 g/mol. The molecule has 0 aromatic heterocycles. The number of allylic oxidation sites excluding steroid dienone is 3. The third kappa shape index (κ3) is 0.863. The maximum Gasteiger partial charge on any atom is 0.247 e. The lowest BCUT2D eigenvalue weighted by Crippen LogP contribution is -2.14. The topological polar surface area (TPSA) is 55.1 Å². The van der Waals surface area contributed by atoms with E-state index in [0.29, 0.717) is 6.54 Å². The highest BCUT2D eigenvalue weighted by Crippen LogP contribution is 2.28. The fourth-order valence-corrected chi connectivity index (χ4v) is 1.61. The van der Waals surface area contributed by atoms with Crippen molar-refractivity contribution in [1.29, 1.82) is 0 Å². The predicted molar refractivity (Wildman–Crippen MR) is 46.0 cm³/mol. The van der Waals surface area contributed by atoms with Crippen LogP contribution in [-0.2, 0) is 4.79 Å². The molecule has 62 valence electrons. The quantitative estimate of drug-likeness (QED) is 0.529. The number of rotatable bonds is 0. The van der Waals surface area contributed by atoms with Crippen LogP contribution in [0.5, 0.6) is 0 Å². The zero-order valence-electron chi connectivity index (χ0n) is 6.58. The summed E-state index contributed by atoms with van der Waals surface area (Å²) in [6.45, 7) is 0.679. The van der Waals surface area contributed by atoms with Gasteiger partial charge in [0.2, 0.25) is 5.91 Å². The molecule has 1 aliphatic heterocycles. The molecule has 1 atom stereocenters. The molecule has 0 bridgehead atoms. The van der Waals surface area contributed by atoms with Crippen molar-refractivity contribution in [3.05, 3.63) is 35.6 Å². The highest BCUT2D eigenvalue weighted by Gasteiger charge is 2.30. The Morgan fingerprint density at radius 1 is 1.67 bits per heavy atom. The molecule has 1 unspecified atom stereocenters. The molecule has 0 saturated carbocycles. The first-order chi connectivity index (χ1) is 5.83. The first kappa shape index (κ1) is 7.16. The number of amides is 1.